The van der Waals surface area contributed by atoms with Crippen LogP contribution in [-0.4, -0.2) is 0 Å². The van der Waals surface area contributed by atoms with Gasteiger partial charge in [0.1, 0.15) is 0 Å². The SMILES string of the molecule is CC(C)=C(C)C.CC=C(C)C.CC=C(C)C. The van der Waals surface area contributed by atoms with Crippen LogP contribution in [0.25, 0.3) is 0 Å². The van der Waals surface area contributed by atoms with Gasteiger partial charge in [-0.3, -0.25) is 0 Å². The van der Waals surface area contributed by atoms with Gasteiger partial charge in [0.05, 0.1) is 0 Å². The second kappa shape index (κ2) is 14.2. The molecule has 0 aromatic rings. The Balaban J connectivity index is -0.000000160. The Kier molecular flexibility index (Phi) is 18.3. The Morgan fingerprint density at radius 1 is 0.500 bits per heavy atom. The first-order valence-corrected chi connectivity index (χ1v) is 5.98. The zero-order valence-electron chi connectivity index (χ0n) is 13.2. The van der Waals surface area contributed by atoms with E-state index in [9.17, 15) is 0 Å². The quantitative estimate of drug-likeness (QED) is 0.423. The molecule has 0 aromatic heterocycles. The number of allylic oxidation sites excluding steroid dienone is 6. The van der Waals surface area contributed by atoms with Crippen molar-refractivity contribution in [3.63, 3.8) is 0 Å². The average Bonchev–Trinajstić information content (AvgIpc) is 2.19. The fraction of sp³-hybridized carbons (Fsp3) is 0.625. The molecular weight excluding hydrogens is 192 g/mol. The Morgan fingerprint density at radius 3 is 0.625 bits per heavy atom. The zero-order valence-corrected chi connectivity index (χ0v) is 13.2. The van der Waals surface area contributed by atoms with Crippen molar-refractivity contribution in [1.82, 2.24) is 0 Å². The van der Waals surface area contributed by atoms with E-state index in [1.54, 1.807) is 0 Å². The lowest BCUT2D eigenvalue weighted by molar-refractivity contribution is 1.23. The summed E-state index contributed by atoms with van der Waals surface area (Å²) >= 11 is 0. The predicted molar refractivity (Wildman–Crippen MR) is 79.9 cm³/mol. The summed E-state index contributed by atoms with van der Waals surface area (Å²) in [6.45, 7) is 20.9. The molecule has 0 nitrogen and oxygen atoms in total. The van der Waals surface area contributed by atoms with Crippen LogP contribution >= 0.6 is 0 Å². The average molecular weight is 224 g/mol. The fourth-order valence-electron chi connectivity index (χ4n) is 0. The van der Waals surface area contributed by atoms with Crippen LogP contribution in [0, 0.1) is 0 Å². The fourth-order valence-corrected chi connectivity index (χ4v) is 0. The summed E-state index contributed by atoms with van der Waals surface area (Å²) in [5, 5.41) is 0. The standard InChI is InChI=1S/C6H12.2C5H10/c1-5(2)6(3)4;2*1-4-5(2)3/h1-4H3;2*4H,1-3H3. The Hall–Kier alpha value is -0.780. The van der Waals surface area contributed by atoms with E-state index in [1.165, 1.54) is 22.3 Å². The molecule has 0 aliphatic heterocycles. The molecule has 0 fully saturated rings. The summed E-state index contributed by atoms with van der Waals surface area (Å²) in [5.41, 5.74) is 5.61. The molecule has 0 aliphatic carbocycles. The Bertz CT molecular complexity index is 195. The Morgan fingerprint density at radius 2 is 0.625 bits per heavy atom. The summed E-state index contributed by atoms with van der Waals surface area (Å²) in [4.78, 5) is 0. The summed E-state index contributed by atoms with van der Waals surface area (Å²) in [6, 6.07) is 0. The van der Waals surface area contributed by atoms with Crippen molar-refractivity contribution in [3.05, 3.63) is 34.4 Å². The Labute approximate surface area is 104 Å². The van der Waals surface area contributed by atoms with Crippen LogP contribution in [0.1, 0.15) is 69.2 Å². The smallest absolute Gasteiger partial charge is 0.0440 e. The van der Waals surface area contributed by atoms with Crippen LogP contribution in [0.4, 0.5) is 0 Å². The molecule has 16 heavy (non-hydrogen) atoms. The maximum atomic E-state index is 2.12. The molecule has 0 spiro atoms. The van der Waals surface area contributed by atoms with E-state index < -0.39 is 0 Å². The van der Waals surface area contributed by atoms with Crippen LogP contribution in [0.2, 0.25) is 0 Å². The van der Waals surface area contributed by atoms with Gasteiger partial charge in [0.2, 0.25) is 0 Å². The molecule has 0 heterocycles. The van der Waals surface area contributed by atoms with Crippen LogP contribution in [-0.2, 0) is 0 Å². The summed E-state index contributed by atoms with van der Waals surface area (Å²) in [5.74, 6) is 0. The molecule has 96 valence electrons. The van der Waals surface area contributed by atoms with Gasteiger partial charge in [-0.1, -0.05) is 34.4 Å². The van der Waals surface area contributed by atoms with Crippen molar-refractivity contribution < 1.29 is 0 Å². The molecule has 0 N–H and O–H groups in total. The topological polar surface area (TPSA) is 0 Å². The van der Waals surface area contributed by atoms with E-state index in [1.807, 2.05) is 13.8 Å². The van der Waals surface area contributed by atoms with Crippen LogP contribution in [0.3, 0.4) is 0 Å². The van der Waals surface area contributed by atoms with Gasteiger partial charge in [0.15, 0.2) is 0 Å². The van der Waals surface area contributed by atoms with E-state index in [4.69, 9.17) is 0 Å². The van der Waals surface area contributed by atoms with Gasteiger partial charge >= 0.3 is 0 Å². The molecule has 0 saturated heterocycles. The van der Waals surface area contributed by atoms with Gasteiger partial charge in [0, 0.05) is 0 Å². The first kappa shape index (κ1) is 20.6. The molecule has 0 unspecified atom stereocenters. The highest BCUT2D eigenvalue weighted by Crippen LogP contribution is 1.97. The lowest BCUT2D eigenvalue weighted by Crippen LogP contribution is -1.66. The van der Waals surface area contributed by atoms with Gasteiger partial charge in [-0.2, -0.15) is 0 Å². The van der Waals surface area contributed by atoms with Crippen molar-refractivity contribution >= 4 is 0 Å². The third kappa shape index (κ3) is 37.9. The van der Waals surface area contributed by atoms with Crippen molar-refractivity contribution in [2.24, 2.45) is 0 Å². The van der Waals surface area contributed by atoms with Crippen molar-refractivity contribution in [3.8, 4) is 0 Å². The third-order valence-electron chi connectivity index (χ3n) is 2.15. The molecule has 0 bridgehead atoms. The van der Waals surface area contributed by atoms with Crippen molar-refractivity contribution in [1.29, 1.82) is 0 Å². The van der Waals surface area contributed by atoms with E-state index in [2.05, 4.69) is 67.5 Å². The van der Waals surface area contributed by atoms with Crippen LogP contribution in [0.5, 0.6) is 0 Å². The molecule has 0 aliphatic rings. The largest absolute Gasteiger partial charge is 0.0890 e. The normalized spacial score (nSPS) is 7.38. The van der Waals surface area contributed by atoms with Gasteiger partial charge in [-0.25, -0.2) is 0 Å². The minimum absolute atomic E-state index is 1.38. The maximum Gasteiger partial charge on any atom is -0.0440 e. The van der Waals surface area contributed by atoms with E-state index in [0.29, 0.717) is 0 Å². The zero-order chi connectivity index (χ0) is 13.7. The van der Waals surface area contributed by atoms with E-state index >= 15 is 0 Å². The number of hydrogen-bond acceptors (Lipinski definition) is 0. The van der Waals surface area contributed by atoms with Crippen LogP contribution in [0.15, 0.2) is 34.4 Å². The number of rotatable bonds is 0. The van der Waals surface area contributed by atoms with E-state index in [-0.39, 0.29) is 0 Å². The van der Waals surface area contributed by atoms with Crippen molar-refractivity contribution in [2.75, 3.05) is 0 Å². The molecule has 0 aromatic carbocycles. The summed E-state index contributed by atoms with van der Waals surface area (Å²) in [6.07, 6.45) is 4.17. The number of hydrogen-bond donors (Lipinski definition) is 0. The lowest BCUT2D eigenvalue weighted by atomic mass is 10.2. The van der Waals surface area contributed by atoms with Gasteiger partial charge in [-0.15, -0.1) is 0 Å². The molecule has 0 rings (SSSR count). The molecule has 0 amide bonds. The lowest BCUT2D eigenvalue weighted by Gasteiger charge is -1.88. The first-order chi connectivity index (χ1) is 7.18. The van der Waals surface area contributed by atoms with Crippen molar-refractivity contribution in [2.45, 2.75) is 69.2 Å². The highest BCUT2D eigenvalue weighted by atomic mass is 13.8. The highest BCUT2D eigenvalue weighted by Gasteiger charge is 1.75. The molecule has 0 heteroatoms. The minimum Gasteiger partial charge on any atom is -0.0890 e. The van der Waals surface area contributed by atoms with Crippen LogP contribution < -0.4 is 0 Å². The predicted octanol–water partition coefficient (Wildman–Crippen LogP) is 6.31. The first-order valence-electron chi connectivity index (χ1n) is 5.98. The summed E-state index contributed by atoms with van der Waals surface area (Å²) in [7, 11) is 0. The van der Waals surface area contributed by atoms with E-state index in [0.717, 1.165) is 0 Å². The van der Waals surface area contributed by atoms with Gasteiger partial charge < -0.3 is 0 Å². The molecule has 0 atom stereocenters. The second-order valence-electron chi connectivity index (χ2n) is 4.73. The third-order valence-corrected chi connectivity index (χ3v) is 2.15. The molecular formula is C16H32. The summed E-state index contributed by atoms with van der Waals surface area (Å²) < 4.78 is 0. The minimum atomic E-state index is 1.38. The van der Waals surface area contributed by atoms with Gasteiger partial charge in [-0.05, 0) is 69.2 Å². The highest BCUT2D eigenvalue weighted by molar-refractivity contribution is 5.02. The van der Waals surface area contributed by atoms with Gasteiger partial charge in [0.25, 0.3) is 0 Å². The maximum absolute atomic E-state index is 2.12. The molecule has 0 radical (unpaired) electrons. The molecule has 0 saturated carbocycles. The monoisotopic (exact) mass is 224 g/mol. The second-order valence-corrected chi connectivity index (χ2v) is 4.73.